The summed E-state index contributed by atoms with van der Waals surface area (Å²) in [5.41, 5.74) is 9.74. The third-order valence-corrected chi connectivity index (χ3v) is 6.12. The molecule has 1 aromatic carbocycles. The number of amides is 1. The van der Waals surface area contributed by atoms with E-state index in [1.54, 1.807) is 6.07 Å². The van der Waals surface area contributed by atoms with E-state index in [1.165, 1.54) is 33.4 Å². The molecule has 4 nitrogen and oxygen atoms in total. The fraction of sp³-hybridized carbons (Fsp3) is 0.360. The Balaban J connectivity index is 1.84. The highest BCUT2D eigenvalue weighted by Gasteiger charge is 2.17. The first kappa shape index (κ1) is 20.8. The monoisotopic (exact) mass is 390 g/mol. The third-order valence-electron chi connectivity index (χ3n) is 6.12. The van der Waals surface area contributed by atoms with Crippen LogP contribution in [0.2, 0.25) is 0 Å². The number of pyridine rings is 1. The number of nitrogens with one attached hydrogen (secondary N) is 1. The molecule has 0 radical (unpaired) electrons. The van der Waals surface area contributed by atoms with Crippen LogP contribution in [0.3, 0.4) is 0 Å². The molecule has 0 aliphatic rings. The van der Waals surface area contributed by atoms with E-state index in [1.807, 2.05) is 32.0 Å². The van der Waals surface area contributed by atoms with Crippen LogP contribution in [0, 0.1) is 41.5 Å². The average Bonchev–Trinajstić information content (AvgIpc) is 3.17. The second kappa shape index (κ2) is 8.24. The Kier molecular flexibility index (Phi) is 5.92. The van der Waals surface area contributed by atoms with E-state index in [0.717, 1.165) is 23.4 Å². The van der Waals surface area contributed by atoms with Gasteiger partial charge in [-0.1, -0.05) is 13.0 Å². The van der Waals surface area contributed by atoms with Gasteiger partial charge in [0.05, 0.1) is 0 Å². The molecule has 3 rings (SSSR count). The van der Waals surface area contributed by atoms with Crippen LogP contribution in [0.1, 0.15) is 67.9 Å². The Hall–Kier alpha value is -2.88. The molecule has 1 N–H and O–H groups in total. The fourth-order valence-electron chi connectivity index (χ4n) is 3.76. The van der Waals surface area contributed by atoms with Crippen molar-refractivity contribution in [2.45, 2.75) is 61.3 Å². The van der Waals surface area contributed by atoms with Crippen molar-refractivity contribution in [3.05, 3.63) is 80.4 Å². The lowest BCUT2D eigenvalue weighted by Gasteiger charge is -2.18. The van der Waals surface area contributed by atoms with Crippen molar-refractivity contribution >= 4 is 11.7 Å². The highest BCUT2D eigenvalue weighted by molar-refractivity contribution is 6.02. The summed E-state index contributed by atoms with van der Waals surface area (Å²) in [6, 6.07) is 7.59. The number of nitrogens with zero attached hydrogens (tertiary/aromatic N) is 1. The van der Waals surface area contributed by atoms with Gasteiger partial charge in [-0.2, -0.15) is 0 Å². The van der Waals surface area contributed by atoms with E-state index >= 15 is 0 Å². The van der Waals surface area contributed by atoms with Crippen LogP contribution in [0.4, 0.5) is 5.82 Å². The van der Waals surface area contributed by atoms with Crippen LogP contribution in [0.5, 0.6) is 0 Å². The molecular weight excluding hydrogens is 360 g/mol. The van der Waals surface area contributed by atoms with Crippen molar-refractivity contribution < 1.29 is 9.21 Å². The molecule has 2 aromatic heterocycles. The molecule has 0 spiro atoms. The SMILES string of the molecule is CCc1ccc(C)nc1NC(=O)c1ccc(Cc2c(C)c(C)c(C)c(C)c2C)o1. The zero-order valence-corrected chi connectivity index (χ0v) is 18.5. The average molecular weight is 391 g/mol. The van der Waals surface area contributed by atoms with Crippen molar-refractivity contribution in [3.63, 3.8) is 0 Å². The quantitative estimate of drug-likeness (QED) is 0.587. The van der Waals surface area contributed by atoms with E-state index in [9.17, 15) is 4.79 Å². The van der Waals surface area contributed by atoms with Gasteiger partial charge in [-0.3, -0.25) is 4.79 Å². The van der Waals surface area contributed by atoms with Crippen LogP contribution < -0.4 is 5.32 Å². The van der Waals surface area contributed by atoms with Crippen molar-refractivity contribution in [1.29, 1.82) is 0 Å². The molecule has 152 valence electrons. The minimum absolute atomic E-state index is 0.270. The van der Waals surface area contributed by atoms with E-state index < -0.39 is 0 Å². The Morgan fingerprint density at radius 1 is 0.897 bits per heavy atom. The number of carbonyl (C=O) groups excluding carboxylic acids is 1. The van der Waals surface area contributed by atoms with Gasteiger partial charge >= 0.3 is 0 Å². The van der Waals surface area contributed by atoms with Gasteiger partial charge in [0.25, 0.3) is 5.91 Å². The van der Waals surface area contributed by atoms with Gasteiger partial charge in [-0.15, -0.1) is 0 Å². The molecule has 0 saturated carbocycles. The number of hydrogen-bond donors (Lipinski definition) is 1. The van der Waals surface area contributed by atoms with E-state index in [-0.39, 0.29) is 5.91 Å². The first-order valence-corrected chi connectivity index (χ1v) is 10.1. The molecule has 0 aliphatic heterocycles. The van der Waals surface area contributed by atoms with E-state index in [4.69, 9.17) is 4.42 Å². The normalized spacial score (nSPS) is 11.0. The van der Waals surface area contributed by atoms with Crippen LogP contribution in [0.15, 0.2) is 28.7 Å². The highest BCUT2D eigenvalue weighted by Crippen LogP contribution is 2.28. The Labute approximate surface area is 173 Å². The maximum atomic E-state index is 12.7. The number of rotatable bonds is 5. The maximum Gasteiger partial charge on any atom is 0.292 e. The molecule has 0 atom stereocenters. The molecule has 0 aliphatic carbocycles. The van der Waals surface area contributed by atoms with Gasteiger partial charge in [-0.25, -0.2) is 4.98 Å². The van der Waals surface area contributed by atoms with Gasteiger partial charge in [0.1, 0.15) is 11.6 Å². The Morgan fingerprint density at radius 3 is 2.14 bits per heavy atom. The third kappa shape index (κ3) is 4.12. The number of aromatic nitrogens is 1. The zero-order chi connectivity index (χ0) is 21.3. The smallest absolute Gasteiger partial charge is 0.292 e. The lowest BCUT2D eigenvalue weighted by molar-refractivity contribution is 0.0994. The second-order valence-corrected chi connectivity index (χ2v) is 7.81. The summed E-state index contributed by atoms with van der Waals surface area (Å²) < 4.78 is 5.91. The molecule has 0 saturated heterocycles. The number of hydrogen-bond acceptors (Lipinski definition) is 3. The van der Waals surface area contributed by atoms with E-state index in [2.05, 4.69) is 44.9 Å². The van der Waals surface area contributed by atoms with Gasteiger partial charge < -0.3 is 9.73 Å². The molecular formula is C25H30N2O2. The molecule has 0 unspecified atom stereocenters. The fourth-order valence-corrected chi connectivity index (χ4v) is 3.76. The summed E-state index contributed by atoms with van der Waals surface area (Å²) >= 11 is 0. The maximum absolute atomic E-state index is 12.7. The molecule has 1 amide bonds. The summed E-state index contributed by atoms with van der Waals surface area (Å²) in [4.78, 5) is 17.2. The van der Waals surface area contributed by atoms with Crippen LogP contribution in [-0.2, 0) is 12.8 Å². The number of furan rings is 1. The Bertz CT molecular complexity index is 1050. The first-order valence-electron chi connectivity index (χ1n) is 10.1. The van der Waals surface area contributed by atoms with Crippen LogP contribution >= 0.6 is 0 Å². The molecule has 4 heteroatoms. The molecule has 3 aromatic rings. The molecule has 29 heavy (non-hydrogen) atoms. The predicted octanol–water partition coefficient (Wildman–Crippen LogP) is 5.93. The number of carbonyl (C=O) groups is 1. The van der Waals surface area contributed by atoms with Gasteiger partial charge in [-0.05, 0) is 105 Å². The van der Waals surface area contributed by atoms with E-state index in [0.29, 0.717) is 18.0 Å². The highest BCUT2D eigenvalue weighted by atomic mass is 16.3. The summed E-state index contributed by atoms with van der Waals surface area (Å²) in [7, 11) is 0. The topological polar surface area (TPSA) is 55.1 Å². The molecule has 0 bridgehead atoms. The molecule has 2 heterocycles. The van der Waals surface area contributed by atoms with Crippen molar-refractivity contribution in [2.75, 3.05) is 5.32 Å². The van der Waals surface area contributed by atoms with Crippen LogP contribution in [0.25, 0.3) is 0 Å². The van der Waals surface area contributed by atoms with Gasteiger partial charge in [0, 0.05) is 12.1 Å². The summed E-state index contributed by atoms with van der Waals surface area (Å²) in [5.74, 6) is 1.43. The first-order chi connectivity index (χ1) is 13.7. The van der Waals surface area contributed by atoms with Crippen LogP contribution in [-0.4, -0.2) is 10.9 Å². The van der Waals surface area contributed by atoms with Gasteiger partial charge in [0.2, 0.25) is 0 Å². The predicted molar refractivity (Wildman–Crippen MR) is 118 cm³/mol. The lowest BCUT2D eigenvalue weighted by Crippen LogP contribution is -2.14. The Morgan fingerprint density at radius 2 is 1.52 bits per heavy atom. The standard InChI is InChI=1S/C25H30N2O2/c1-8-20-10-9-14(2)26-24(20)27-25(28)23-12-11-21(29-23)13-22-18(6)16(4)15(3)17(5)19(22)7/h9-12H,8,13H2,1-7H3,(H,26,27,28). The minimum atomic E-state index is -0.270. The number of aryl methyl sites for hydroxylation is 2. The minimum Gasteiger partial charge on any atom is -0.456 e. The van der Waals surface area contributed by atoms with Crippen molar-refractivity contribution in [3.8, 4) is 0 Å². The van der Waals surface area contributed by atoms with Crippen molar-refractivity contribution in [1.82, 2.24) is 4.98 Å². The van der Waals surface area contributed by atoms with Gasteiger partial charge in [0.15, 0.2) is 5.76 Å². The summed E-state index contributed by atoms with van der Waals surface area (Å²) in [5, 5.41) is 2.90. The van der Waals surface area contributed by atoms with Crippen molar-refractivity contribution in [2.24, 2.45) is 0 Å². The number of anilines is 1. The zero-order valence-electron chi connectivity index (χ0n) is 18.5. The summed E-state index contributed by atoms with van der Waals surface area (Å²) in [6.45, 7) is 14.8. The largest absolute Gasteiger partial charge is 0.456 e. The summed E-state index contributed by atoms with van der Waals surface area (Å²) in [6.07, 6.45) is 1.48. The lowest BCUT2D eigenvalue weighted by atomic mass is 9.88. The second-order valence-electron chi connectivity index (χ2n) is 7.81. The molecule has 0 fully saturated rings. The number of benzene rings is 1.